The van der Waals surface area contributed by atoms with Gasteiger partial charge in [-0.05, 0) is 31.3 Å². The van der Waals surface area contributed by atoms with E-state index in [1.807, 2.05) is 13.8 Å². The second kappa shape index (κ2) is 9.82. The van der Waals surface area contributed by atoms with E-state index in [4.69, 9.17) is 4.74 Å². The molecule has 1 saturated heterocycles. The third-order valence-corrected chi connectivity index (χ3v) is 5.75. The number of ether oxygens (including phenoxy) is 1. The van der Waals surface area contributed by atoms with Gasteiger partial charge in [0.1, 0.15) is 23.1 Å². The number of carbonyl (C=O) groups is 2. The summed E-state index contributed by atoms with van der Waals surface area (Å²) >= 11 is 0. The molecule has 7 nitrogen and oxygen atoms in total. The molecular formula is C24H27FN2O5. The zero-order valence-electron chi connectivity index (χ0n) is 18.3. The molecule has 2 N–H and O–H groups in total. The molecule has 0 aliphatic carbocycles. The molecule has 0 saturated carbocycles. The number of likely N-dealkylation sites (tertiary alicyclic amines) is 1. The predicted octanol–water partition coefficient (Wildman–Crippen LogP) is 3.30. The molecule has 0 aromatic heterocycles. The Bertz CT molecular complexity index is 1050. The van der Waals surface area contributed by atoms with Crippen LogP contribution in [0.3, 0.4) is 0 Å². The van der Waals surface area contributed by atoms with Gasteiger partial charge in [0, 0.05) is 24.7 Å². The third-order valence-electron chi connectivity index (χ3n) is 5.75. The largest absolute Gasteiger partial charge is 0.507 e. The number of halogens is 1. The summed E-state index contributed by atoms with van der Waals surface area (Å²) in [7, 11) is 1.42. The first-order valence-corrected chi connectivity index (χ1v) is 10.5. The van der Waals surface area contributed by atoms with Crippen molar-refractivity contribution in [3.63, 3.8) is 0 Å². The molecule has 1 aliphatic rings. The Morgan fingerprint density at radius 2 is 1.84 bits per heavy atom. The van der Waals surface area contributed by atoms with Crippen LogP contribution in [0.4, 0.5) is 4.39 Å². The molecule has 0 bridgehead atoms. The summed E-state index contributed by atoms with van der Waals surface area (Å²) in [6.07, 6.45) is 0. The van der Waals surface area contributed by atoms with Crippen molar-refractivity contribution in [2.24, 2.45) is 0 Å². The number of likely N-dealkylation sites (N-methyl/N-ethyl adjacent to an activating group) is 1. The SMILES string of the molecule is CCN(CC)CCN1C(=O)C(=O)C(=C(O)c2ccc(OC)cc2O)[C@@H]1c1ccccc1F. The van der Waals surface area contributed by atoms with Gasteiger partial charge in [0.05, 0.1) is 24.3 Å². The van der Waals surface area contributed by atoms with Crippen molar-refractivity contribution >= 4 is 17.4 Å². The second-order valence-corrected chi connectivity index (χ2v) is 7.42. The van der Waals surface area contributed by atoms with E-state index in [-0.39, 0.29) is 29.0 Å². The number of nitrogens with zero attached hydrogens (tertiary/aromatic N) is 2. The molecule has 1 aliphatic heterocycles. The van der Waals surface area contributed by atoms with Crippen LogP contribution >= 0.6 is 0 Å². The van der Waals surface area contributed by atoms with Gasteiger partial charge in [-0.1, -0.05) is 32.0 Å². The molecule has 170 valence electrons. The minimum Gasteiger partial charge on any atom is -0.507 e. The van der Waals surface area contributed by atoms with Gasteiger partial charge in [-0.25, -0.2) is 4.39 Å². The summed E-state index contributed by atoms with van der Waals surface area (Å²) in [6.45, 7) is 6.14. The second-order valence-electron chi connectivity index (χ2n) is 7.42. The minimum atomic E-state index is -1.12. The maximum atomic E-state index is 14.8. The highest BCUT2D eigenvalue weighted by Crippen LogP contribution is 2.41. The molecule has 3 rings (SSSR count). The molecule has 2 aromatic rings. The Balaban J connectivity index is 2.14. The Hall–Kier alpha value is -3.39. The Morgan fingerprint density at radius 1 is 1.16 bits per heavy atom. The lowest BCUT2D eigenvalue weighted by Crippen LogP contribution is -2.38. The van der Waals surface area contributed by atoms with Crippen LogP contribution in [0.1, 0.15) is 31.0 Å². The van der Waals surface area contributed by atoms with E-state index >= 15 is 0 Å². The predicted molar refractivity (Wildman–Crippen MR) is 118 cm³/mol. The third kappa shape index (κ3) is 4.31. The van der Waals surface area contributed by atoms with Crippen LogP contribution in [0.5, 0.6) is 11.5 Å². The van der Waals surface area contributed by atoms with Gasteiger partial charge < -0.3 is 24.7 Å². The number of hydrogen-bond acceptors (Lipinski definition) is 6. The van der Waals surface area contributed by atoms with E-state index in [9.17, 15) is 24.2 Å². The molecule has 1 heterocycles. The van der Waals surface area contributed by atoms with Crippen LogP contribution < -0.4 is 4.74 Å². The summed E-state index contributed by atoms with van der Waals surface area (Å²) in [5.74, 6) is -2.89. The average molecular weight is 442 g/mol. The first-order chi connectivity index (χ1) is 15.3. The number of aliphatic hydroxyl groups is 1. The van der Waals surface area contributed by atoms with Gasteiger partial charge in [0.15, 0.2) is 0 Å². The maximum absolute atomic E-state index is 14.8. The van der Waals surface area contributed by atoms with Gasteiger partial charge in [-0.2, -0.15) is 0 Å². The van der Waals surface area contributed by atoms with Crippen LogP contribution in [-0.4, -0.2) is 65.0 Å². The van der Waals surface area contributed by atoms with Crippen molar-refractivity contribution in [1.29, 1.82) is 0 Å². The van der Waals surface area contributed by atoms with E-state index in [0.29, 0.717) is 12.3 Å². The molecule has 0 unspecified atom stereocenters. The average Bonchev–Trinajstić information content (AvgIpc) is 3.04. The van der Waals surface area contributed by atoms with Crippen molar-refractivity contribution in [1.82, 2.24) is 9.80 Å². The summed E-state index contributed by atoms with van der Waals surface area (Å²) in [5.41, 5.74) is -0.213. The van der Waals surface area contributed by atoms with Gasteiger partial charge in [0.25, 0.3) is 11.7 Å². The Kier molecular flexibility index (Phi) is 7.15. The number of aromatic hydroxyl groups is 1. The smallest absolute Gasteiger partial charge is 0.295 e. The number of phenols is 1. The quantitative estimate of drug-likeness (QED) is 0.370. The van der Waals surface area contributed by atoms with Crippen LogP contribution in [0.25, 0.3) is 5.76 Å². The highest BCUT2D eigenvalue weighted by Gasteiger charge is 2.47. The van der Waals surface area contributed by atoms with E-state index in [1.165, 1.54) is 48.4 Å². The van der Waals surface area contributed by atoms with Crippen LogP contribution in [0, 0.1) is 5.82 Å². The molecule has 1 atom stereocenters. The first kappa shape index (κ1) is 23.3. The Labute approximate surface area is 186 Å². The fourth-order valence-corrected chi connectivity index (χ4v) is 3.90. The maximum Gasteiger partial charge on any atom is 0.295 e. The zero-order chi connectivity index (χ0) is 23.4. The molecule has 32 heavy (non-hydrogen) atoms. The summed E-state index contributed by atoms with van der Waals surface area (Å²) in [6, 6.07) is 8.89. The summed E-state index contributed by atoms with van der Waals surface area (Å²) < 4.78 is 19.8. The van der Waals surface area contributed by atoms with Crippen molar-refractivity contribution in [3.8, 4) is 11.5 Å². The van der Waals surface area contributed by atoms with Crippen molar-refractivity contribution in [2.45, 2.75) is 19.9 Å². The van der Waals surface area contributed by atoms with E-state index in [1.54, 1.807) is 6.07 Å². The molecular weight excluding hydrogens is 415 g/mol. The van der Waals surface area contributed by atoms with Crippen LogP contribution in [0.2, 0.25) is 0 Å². The summed E-state index contributed by atoms with van der Waals surface area (Å²) in [4.78, 5) is 29.3. The topological polar surface area (TPSA) is 90.3 Å². The molecule has 0 spiro atoms. The number of ketones is 1. The van der Waals surface area contributed by atoms with Crippen molar-refractivity contribution in [2.75, 3.05) is 33.3 Å². The monoisotopic (exact) mass is 442 g/mol. The number of hydrogen-bond donors (Lipinski definition) is 2. The van der Waals surface area contributed by atoms with E-state index in [2.05, 4.69) is 4.90 Å². The normalized spacial score (nSPS) is 17.9. The number of carbonyl (C=O) groups excluding carboxylic acids is 2. The van der Waals surface area contributed by atoms with Crippen molar-refractivity contribution in [3.05, 3.63) is 65.0 Å². The number of amides is 1. The highest BCUT2D eigenvalue weighted by atomic mass is 19.1. The zero-order valence-corrected chi connectivity index (χ0v) is 18.3. The van der Waals surface area contributed by atoms with Gasteiger partial charge >= 0.3 is 0 Å². The number of methoxy groups -OCH3 is 1. The molecule has 0 radical (unpaired) electrons. The van der Waals surface area contributed by atoms with Crippen molar-refractivity contribution < 1.29 is 28.9 Å². The lowest BCUT2D eigenvalue weighted by atomic mass is 9.94. The van der Waals surface area contributed by atoms with Crippen LogP contribution in [0.15, 0.2) is 48.0 Å². The lowest BCUT2D eigenvalue weighted by Gasteiger charge is -2.28. The number of benzene rings is 2. The molecule has 1 amide bonds. The standard InChI is InChI=1S/C24H27FN2O5/c1-4-26(5-2)12-13-27-21(16-8-6-7-9-18(16)25)20(23(30)24(27)31)22(29)17-11-10-15(32-3)14-19(17)28/h6-11,14,21,28-29H,4-5,12-13H2,1-3H3/t21-/m0/s1. The fraction of sp³-hybridized carbons (Fsp3) is 0.333. The molecule has 2 aromatic carbocycles. The number of phenolic OH excluding ortho intramolecular Hbond substituents is 1. The summed E-state index contributed by atoms with van der Waals surface area (Å²) in [5, 5.41) is 21.4. The van der Waals surface area contributed by atoms with E-state index < -0.39 is 29.3 Å². The lowest BCUT2D eigenvalue weighted by molar-refractivity contribution is -0.140. The molecule has 8 heteroatoms. The highest BCUT2D eigenvalue weighted by molar-refractivity contribution is 6.46. The molecule has 1 fully saturated rings. The van der Waals surface area contributed by atoms with E-state index in [0.717, 1.165) is 13.1 Å². The number of Topliss-reactive ketones (excluding diaryl/α,β-unsaturated/α-hetero) is 1. The first-order valence-electron chi connectivity index (χ1n) is 10.5. The van der Waals surface area contributed by atoms with Gasteiger partial charge in [0.2, 0.25) is 0 Å². The van der Waals surface area contributed by atoms with Gasteiger partial charge in [-0.15, -0.1) is 0 Å². The Morgan fingerprint density at radius 3 is 2.44 bits per heavy atom. The number of aliphatic hydroxyl groups excluding tert-OH is 1. The van der Waals surface area contributed by atoms with Crippen LogP contribution in [-0.2, 0) is 9.59 Å². The van der Waals surface area contributed by atoms with Gasteiger partial charge in [-0.3, -0.25) is 9.59 Å². The minimum absolute atomic E-state index is 0.0473. The fourth-order valence-electron chi connectivity index (χ4n) is 3.90. The number of rotatable bonds is 8.